The number of urea groups is 1. The van der Waals surface area contributed by atoms with Gasteiger partial charge in [-0.15, -0.1) is 0 Å². The van der Waals surface area contributed by atoms with Crippen LogP contribution < -0.4 is 22.5 Å². The molecule has 5 amide bonds. The second-order valence-electron chi connectivity index (χ2n) is 13.2. The monoisotopic (exact) mass is 721 g/mol. The van der Waals surface area contributed by atoms with Gasteiger partial charge in [-0.1, -0.05) is 146 Å². The smallest absolute Gasteiger partial charge is 0.325 e. The maximum absolute atomic E-state index is 14.9. The Hall–Kier alpha value is -6.75. The summed E-state index contributed by atoms with van der Waals surface area (Å²) < 4.78 is 0. The highest BCUT2D eigenvalue weighted by atomic mass is 16.2. The van der Waals surface area contributed by atoms with Gasteiger partial charge < -0.3 is 27.4 Å². The molecule has 1 saturated heterocycles. The Morgan fingerprint density at radius 2 is 1.22 bits per heavy atom. The summed E-state index contributed by atoms with van der Waals surface area (Å²) in [5.74, 6) is -2.19. The fraction of sp³-hybridized carbons (Fsp3) is 0.186. The Balaban J connectivity index is 1.33. The number of hydrogen-bond donors (Lipinski definition) is 4. The van der Waals surface area contributed by atoms with Gasteiger partial charge in [0.15, 0.2) is 11.5 Å². The molecule has 7 N–H and O–H groups in total. The van der Waals surface area contributed by atoms with Crippen molar-refractivity contribution in [1.82, 2.24) is 15.1 Å². The van der Waals surface area contributed by atoms with Crippen molar-refractivity contribution in [2.24, 2.45) is 22.2 Å². The van der Waals surface area contributed by atoms with Crippen LogP contribution in [0.25, 0.3) is 0 Å². The number of primary amides is 1. The molecule has 0 unspecified atom stereocenters. The van der Waals surface area contributed by atoms with E-state index in [1.54, 1.807) is 6.07 Å². The van der Waals surface area contributed by atoms with E-state index in [2.05, 4.69) is 10.3 Å². The maximum Gasteiger partial charge on any atom is 0.325 e. The number of imide groups is 1. The van der Waals surface area contributed by atoms with Crippen LogP contribution in [-0.2, 0) is 33.0 Å². The number of amides is 5. The minimum atomic E-state index is -1.41. The Labute approximate surface area is 314 Å². The van der Waals surface area contributed by atoms with Gasteiger partial charge in [0.2, 0.25) is 11.8 Å². The van der Waals surface area contributed by atoms with Crippen molar-refractivity contribution in [3.63, 3.8) is 0 Å². The van der Waals surface area contributed by atoms with Gasteiger partial charge in [-0.05, 0) is 46.2 Å². The number of guanidine groups is 1. The first-order valence-electron chi connectivity index (χ1n) is 17.8. The molecule has 0 saturated carbocycles. The number of nitrogens with two attached hydrogens (primary N) is 3. The highest BCUT2D eigenvalue weighted by molar-refractivity contribution is 6.09. The van der Waals surface area contributed by atoms with E-state index >= 15 is 0 Å². The molecule has 0 spiro atoms. The van der Waals surface area contributed by atoms with Crippen LogP contribution in [0.15, 0.2) is 151 Å². The zero-order valence-electron chi connectivity index (χ0n) is 29.8. The van der Waals surface area contributed by atoms with Crippen molar-refractivity contribution >= 4 is 29.7 Å². The molecule has 5 aromatic rings. The molecule has 274 valence electrons. The van der Waals surface area contributed by atoms with Crippen LogP contribution in [0, 0.1) is 0 Å². The Morgan fingerprint density at radius 1 is 0.704 bits per heavy atom. The van der Waals surface area contributed by atoms with E-state index in [-0.39, 0.29) is 37.9 Å². The molecule has 1 heterocycles. The number of rotatable bonds is 15. The first kappa shape index (κ1) is 37.0. The molecular weight excluding hydrogens is 679 g/mol. The highest BCUT2D eigenvalue weighted by Crippen LogP contribution is 2.37. The molecule has 0 aromatic heterocycles. The number of carbonyl (C=O) groups is 4. The maximum atomic E-state index is 14.9. The summed E-state index contributed by atoms with van der Waals surface area (Å²) in [5.41, 5.74) is 19.8. The topological polar surface area (TPSA) is 177 Å². The second-order valence-corrected chi connectivity index (χ2v) is 13.2. The van der Waals surface area contributed by atoms with Crippen LogP contribution in [0.4, 0.5) is 4.79 Å². The zero-order valence-corrected chi connectivity index (χ0v) is 29.8. The molecule has 0 aliphatic carbocycles. The molecule has 54 heavy (non-hydrogen) atoms. The Kier molecular flexibility index (Phi) is 11.5. The fourth-order valence-corrected chi connectivity index (χ4v) is 7.08. The van der Waals surface area contributed by atoms with Gasteiger partial charge in [0.25, 0.3) is 5.91 Å². The lowest BCUT2D eigenvalue weighted by atomic mass is 9.82. The lowest BCUT2D eigenvalue weighted by molar-refractivity contribution is -0.141. The third kappa shape index (κ3) is 8.00. The second kappa shape index (κ2) is 16.7. The number of nitrogens with one attached hydrogen (secondary N) is 1. The van der Waals surface area contributed by atoms with Crippen molar-refractivity contribution < 1.29 is 19.2 Å². The standard InChI is InChI=1S/C43H43N7O4/c44-38(51)36(25-14-26-47-41(45)46)49(39(52)37(32-17-5-1-6-18-32)33-19-7-2-8-20-33)28-30-15-13-16-31(27-30)29-50-40(53)43(48-42(50)54,34-21-9-3-10-22-34)35-23-11-4-12-24-35/h1-13,15-24,27,36-37H,14,25-26,28-29H2,(H2,44,51)(H,48,54)(H4,45,46,47)/t36-/m1/s1. The SMILES string of the molecule is NC(=O)[C@@H](CCCN=C(N)N)N(Cc1cccc(CN2C(=O)NC(c3ccccc3)(c3ccccc3)C2=O)c1)C(=O)C(c1ccccc1)c1ccccc1. The molecule has 11 heteroatoms. The van der Waals surface area contributed by atoms with Gasteiger partial charge >= 0.3 is 6.03 Å². The minimum Gasteiger partial charge on any atom is -0.370 e. The molecule has 5 aromatic carbocycles. The predicted molar refractivity (Wildman–Crippen MR) is 207 cm³/mol. The van der Waals surface area contributed by atoms with Crippen LogP contribution in [0.3, 0.4) is 0 Å². The van der Waals surface area contributed by atoms with E-state index in [0.29, 0.717) is 28.7 Å². The van der Waals surface area contributed by atoms with Gasteiger partial charge in [0.05, 0.1) is 12.5 Å². The average molecular weight is 722 g/mol. The van der Waals surface area contributed by atoms with E-state index in [4.69, 9.17) is 17.2 Å². The number of nitrogens with zero attached hydrogens (tertiary/aromatic N) is 3. The summed E-state index contributed by atoms with van der Waals surface area (Å²) in [5, 5.41) is 2.99. The van der Waals surface area contributed by atoms with E-state index in [1.165, 1.54) is 9.80 Å². The third-order valence-electron chi connectivity index (χ3n) is 9.63. The van der Waals surface area contributed by atoms with Gasteiger partial charge in [0.1, 0.15) is 6.04 Å². The van der Waals surface area contributed by atoms with Crippen LogP contribution in [0.2, 0.25) is 0 Å². The van der Waals surface area contributed by atoms with Gasteiger partial charge in [-0.3, -0.25) is 24.3 Å². The van der Waals surface area contributed by atoms with Crippen LogP contribution in [0.1, 0.15) is 52.1 Å². The van der Waals surface area contributed by atoms with E-state index < -0.39 is 35.3 Å². The van der Waals surface area contributed by atoms with Crippen molar-refractivity contribution in [2.45, 2.75) is 43.4 Å². The lowest BCUT2D eigenvalue weighted by Gasteiger charge is -2.33. The molecule has 1 aliphatic heterocycles. The number of hydrogen-bond acceptors (Lipinski definition) is 5. The summed E-state index contributed by atoms with van der Waals surface area (Å²) in [7, 11) is 0. The molecule has 0 bridgehead atoms. The molecule has 6 rings (SSSR count). The normalized spacial score (nSPS) is 14.0. The fourth-order valence-electron chi connectivity index (χ4n) is 7.08. The summed E-state index contributed by atoms with van der Waals surface area (Å²) in [4.78, 5) is 62.9. The number of aliphatic imine (C=N–C) groups is 1. The number of carbonyl (C=O) groups excluding carboxylic acids is 4. The molecule has 11 nitrogen and oxygen atoms in total. The van der Waals surface area contributed by atoms with Crippen molar-refractivity contribution in [1.29, 1.82) is 0 Å². The van der Waals surface area contributed by atoms with Crippen molar-refractivity contribution in [2.75, 3.05) is 6.54 Å². The Morgan fingerprint density at radius 3 is 1.74 bits per heavy atom. The summed E-state index contributed by atoms with van der Waals surface area (Å²) >= 11 is 0. The predicted octanol–water partition coefficient (Wildman–Crippen LogP) is 4.75. The molecular formula is C43H43N7O4. The third-order valence-corrected chi connectivity index (χ3v) is 9.63. The Bertz CT molecular complexity index is 2030. The summed E-state index contributed by atoms with van der Waals surface area (Å²) in [6, 6.07) is 42.9. The van der Waals surface area contributed by atoms with Gasteiger partial charge in [0, 0.05) is 13.1 Å². The first-order chi connectivity index (χ1) is 26.2. The summed E-state index contributed by atoms with van der Waals surface area (Å²) in [6.07, 6.45) is 0.616. The van der Waals surface area contributed by atoms with Crippen LogP contribution in [-0.4, -0.2) is 52.1 Å². The zero-order chi connectivity index (χ0) is 38.1. The quantitative estimate of drug-likeness (QED) is 0.0525. The van der Waals surface area contributed by atoms with Crippen molar-refractivity contribution in [3.8, 4) is 0 Å². The van der Waals surface area contributed by atoms with E-state index in [9.17, 15) is 19.2 Å². The van der Waals surface area contributed by atoms with Gasteiger partial charge in [-0.25, -0.2) is 4.79 Å². The highest BCUT2D eigenvalue weighted by Gasteiger charge is 2.53. The molecule has 1 fully saturated rings. The number of benzene rings is 5. The van der Waals surface area contributed by atoms with Crippen LogP contribution >= 0.6 is 0 Å². The molecule has 1 aliphatic rings. The van der Waals surface area contributed by atoms with E-state index in [0.717, 1.165) is 11.1 Å². The van der Waals surface area contributed by atoms with Gasteiger partial charge in [-0.2, -0.15) is 0 Å². The first-order valence-corrected chi connectivity index (χ1v) is 17.8. The van der Waals surface area contributed by atoms with Crippen molar-refractivity contribution in [3.05, 3.63) is 179 Å². The summed E-state index contributed by atoms with van der Waals surface area (Å²) in [6.45, 7) is 0.253. The minimum absolute atomic E-state index is 0.0247. The average Bonchev–Trinajstić information content (AvgIpc) is 3.44. The van der Waals surface area contributed by atoms with Crippen LogP contribution in [0.5, 0.6) is 0 Å². The largest absolute Gasteiger partial charge is 0.370 e. The molecule has 0 radical (unpaired) electrons. The molecule has 1 atom stereocenters. The van der Waals surface area contributed by atoms with E-state index in [1.807, 2.05) is 140 Å². The lowest BCUT2D eigenvalue weighted by Crippen LogP contribution is -2.49.